The molecule has 7 heteroatoms. The summed E-state index contributed by atoms with van der Waals surface area (Å²) in [6.45, 7) is 8.98. The van der Waals surface area contributed by atoms with E-state index >= 15 is 0 Å². The van der Waals surface area contributed by atoms with Crippen LogP contribution in [0.25, 0.3) is 10.8 Å². The zero-order valence-corrected chi connectivity index (χ0v) is 20.7. The predicted octanol–water partition coefficient (Wildman–Crippen LogP) is 3.81. The van der Waals surface area contributed by atoms with Crippen molar-refractivity contribution in [2.75, 3.05) is 26.2 Å². The maximum atomic E-state index is 13.2. The standard InChI is InChI=1S/C26H37ClN4O2/c1-4-18(17(2)3)16-31-12-10-23(30-24(9-11-28)26(31)33)15-29-25(32)21-6-5-20-14-22(27)8-7-19(20)13-21/h5-8,13-14,17-18,23-24,30H,4,9-12,15-16,28H2,1-3H3,(H,29,32)/t18-,23-,24-/m0/s1. The molecule has 0 radical (unpaired) electrons. The summed E-state index contributed by atoms with van der Waals surface area (Å²) >= 11 is 6.05. The van der Waals surface area contributed by atoms with Crippen molar-refractivity contribution >= 4 is 34.2 Å². The van der Waals surface area contributed by atoms with Crippen molar-refractivity contribution in [3.8, 4) is 0 Å². The van der Waals surface area contributed by atoms with E-state index in [1.54, 1.807) is 0 Å². The second-order valence-electron chi connectivity index (χ2n) is 9.40. The minimum absolute atomic E-state index is 0.0119. The van der Waals surface area contributed by atoms with Gasteiger partial charge in [0.15, 0.2) is 0 Å². The Balaban J connectivity index is 1.64. The lowest BCUT2D eigenvalue weighted by Gasteiger charge is -2.30. The Morgan fingerprint density at radius 3 is 2.67 bits per heavy atom. The number of fused-ring (bicyclic) bond motifs is 1. The van der Waals surface area contributed by atoms with Crippen molar-refractivity contribution in [1.29, 1.82) is 0 Å². The molecule has 2 aromatic carbocycles. The number of hydrogen-bond acceptors (Lipinski definition) is 4. The van der Waals surface area contributed by atoms with Gasteiger partial charge < -0.3 is 21.3 Å². The first-order chi connectivity index (χ1) is 15.8. The van der Waals surface area contributed by atoms with Crippen LogP contribution in [0.2, 0.25) is 5.02 Å². The van der Waals surface area contributed by atoms with Gasteiger partial charge in [-0.1, -0.05) is 50.9 Å². The summed E-state index contributed by atoms with van der Waals surface area (Å²) in [4.78, 5) is 28.0. The van der Waals surface area contributed by atoms with Gasteiger partial charge in [0.1, 0.15) is 0 Å². The second-order valence-corrected chi connectivity index (χ2v) is 9.83. The Morgan fingerprint density at radius 1 is 1.24 bits per heavy atom. The Bertz CT molecular complexity index is 964. The van der Waals surface area contributed by atoms with Crippen LogP contribution in [0.3, 0.4) is 0 Å². The van der Waals surface area contributed by atoms with Crippen LogP contribution in [-0.4, -0.2) is 55.0 Å². The summed E-state index contributed by atoms with van der Waals surface area (Å²) in [6, 6.07) is 10.9. The fourth-order valence-electron chi connectivity index (χ4n) is 4.57. The number of nitrogens with one attached hydrogen (secondary N) is 2. The van der Waals surface area contributed by atoms with Crippen LogP contribution < -0.4 is 16.4 Å². The van der Waals surface area contributed by atoms with E-state index in [0.717, 1.165) is 30.2 Å². The highest BCUT2D eigenvalue weighted by molar-refractivity contribution is 6.31. The molecule has 1 fully saturated rings. The smallest absolute Gasteiger partial charge is 0.251 e. The topological polar surface area (TPSA) is 87.5 Å². The summed E-state index contributed by atoms with van der Waals surface area (Å²) in [5, 5.41) is 9.15. The van der Waals surface area contributed by atoms with Crippen molar-refractivity contribution in [2.24, 2.45) is 17.6 Å². The van der Waals surface area contributed by atoms with E-state index in [1.807, 2.05) is 41.3 Å². The molecule has 3 rings (SSSR count). The summed E-state index contributed by atoms with van der Waals surface area (Å²) < 4.78 is 0. The van der Waals surface area contributed by atoms with Gasteiger partial charge in [0, 0.05) is 36.3 Å². The summed E-state index contributed by atoms with van der Waals surface area (Å²) in [6.07, 6.45) is 2.43. The molecule has 2 aromatic rings. The SMILES string of the molecule is CC[C@@H](CN1CC[C@@H](CNC(=O)c2ccc3cc(Cl)ccc3c2)N[C@@H](CCN)C1=O)C(C)C. The maximum Gasteiger partial charge on any atom is 0.251 e. The Labute approximate surface area is 202 Å². The molecule has 3 atom stereocenters. The quantitative estimate of drug-likeness (QED) is 0.517. The van der Waals surface area contributed by atoms with E-state index in [4.69, 9.17) is 17.3 Å². The third-order valence-corrected chi connectivity index (χ3v) is 6.98. The Kier molecular flexibility index (Phi) is 9.12. The average molecular weight is 473 g/mol. The number of halogens is 1. The third-order valence-electron chi connectivity index (χ3n) is 6.75. The Hall–Kier alpha value is -2.15. The molecule has 33 heavy (non-hydrogen) atoms. The first kappa shape index (κ1) is 25.5. The van der Waals surface area contributed by atoms with Crippen LogP contribution in [0.15, 0.2) is 36.4 Å². The van der Waals surface area contributed by atoms with E-state index in [2.05, 4.69) is 31.4 Å². The van der Waals surface area contributed by atoms with E-state index in [-0.39, 0.29) is 23.9 Å². The molecule has 0 spiro atoms. The molecule has 1 saturated heterocycles. The third kappa shape index (κ3) is 6.69. The fourth-order valence-corrected chi connectivity index (χ4v) is 4.75. The molecule has 180 valence electrons. The highest BCUT2D eigenvalue weighted by atomic mass is 35.5. The number of carbonyl (C=O) groups excluding carboxylic acids is 2. The highest BCUT2D eigenvalue weighted by Gasteiger charge is 2.31. The van der Waals surface area contributed by atoms with Gasteiger partial charge in [-0.15, -0.1) is 0 Å². The van der Waals surface area contributed by atoms with Gasteiger partial charge in [0.05, 0.1) is 6.04 Å². The predicted molar refractivity (Wildman–Crippen MR) is 135 cm³/mol. The minimum atomic E-state index is -0.311. The number of rotatable bonds is 9. The fraction of sp³-hybridized carbons (Fsp3) is 0.538. The largest absolute Gasteiger partial charge is 0.350 e. The molecule has 0 aliphatic carbocycles. The van der Waals surface area contributed by atoms with Crippen molar-refractivity contribution in [3.63, 3.8) is 0 Å². The number of hydrogen-bond donors (Lipinski definition) is 3. The van der Waals surface area contributed by atoms with Gasteiger partial charge in [0.25, 0.3) is 5.91 Å². The van der Waals surface area contributed by atoms with Gasteiger partial charge in [-0.2, -0.15) is 0 Å². The van der Waals surface area contributed by atoms with Gasteiger partial charge in [-0.05, 0) is 66.3 Å². The van der Waals surface area contributed by atoms with E-state index in [9.17, 15) is 9.59 Å². The molecule has 2 amide bonds. The maximum absolute atomic E-state index is 13.2. The molecular weight excluding hydrogens is 436 g/mol. The number of nitrogens with zero attached hydrogens (tertiary/aromatic N) is 1. The van der Waals surface area contributed by atoms with Crippen LogP contribution in [0.5, 0.6) is 0 Å². The number of benzene rings is 2. The number of nitrogens with two attached hydrogens (primary N) is 1. The molecule has 1 heterocycles. The Morgan fingerprint density at radius 2 is 1.97 bits per heavy atom. The summed E-state index contributed by atoms with van der Waals surface area (Å²) in [7, 11) is 0. The normalized spacial score (nSPS) is 20.2. The first-order valence-corrected chi connectivity index (χ1v) is 12.4. The van der Waals surface area contributed by atoms with Crippen LogP contribution >= 0.6 is 11.6 Å². The average Bonchev–Trinajstić information content (AvgIpc) is 2.94. The molecule has 0 bridgehead atoms. The lowest BCUT2D eigenvalue weighted by Crippen LogP contribution is -2.50. The summed E-state index contributed by atoms with van der Waals surface area (Å²) in [5.41, 5.74) is 6.41. The van der Waals surface area contributed by atoms with E-state index < -0.39 is 0 Å². The second kappa shape index (κ2) is 11.8. The van der Waals surface area contributed by atoms with Crippen molar-refractivity contribution < 1.29 is 9.59 Å². The zero-order valence-electron chi connectivity index (χ0n) is 19.9. The molecule has 0 aromatic heterocycles. The van der Waals surface area contributed by atoms with Crippen molar-refractivity contribution in [3.05, 3.63) is 47.0 Å². The van der Waals surface area contributed by atoms with Crippen LogP contribution in [0.4, 0.5) is 0 Å². The lowest BCUT2D eigenvalue weighted by atomic mass is 9.92. The molecule has 0 saturated carbocycles. The molecule has 1 aliphatic rings. The first-order valence-electron chi connectivity index (χ1n) is 12.0. The zero-order chi connectivity index (χ0) is 24.0. The van der Waals surface area contributed by atoms with Gasteiger partial charge >= 0.3 is 0 Å². The summed E-state index contributed by atoms with van der Waals surface area (Å²) in [5.74, 6) is 1.01. The van der Waals surface area contributed by atoms with E-state index in [1.165, 1.54) is 0 Å². The molecule has 6 nitrogen and oxygen atoms in total. The monoisotopic (exact) mass is 472 g/mol. The van der Waals surface area contributed by atoms with Crippen molar-refractivity contribution in [1.82, 2.24) is 15.5 Å². The molecule has 4 N–H and O–H groups in total. The van der Waals surface area contributed by atoms with Gasteiger partial charge in [0.2, 0.25) is 5.91 Å². The van der Waals surface area contributed by atoms with E-state index in [0.29, 0.717) is 48.5 Å². The molecule has 1 aliphatic heterocycles. The number of amides is 2. The number of carbonyl (C=O) groups is 2. The van der Waals surface area contributed by atoms with Crippen LogP contribution in [-0.2, 0) is 4.79 Å². The lowest BCUT2D eigenvalue weighted by molar-refractivity contribution is -0.133. The highest BCUT2D eigenvalue weighted by Crippen LogP contribution is 2.21. The van der Waals surface area contributed by atoms with Crippen molar-refractivity contribution in [2.45, 2.75) is 52.1 Å². The molecule has 0 unspecified atom stereocenters. The van der Waals surface area contributed by atoms with Crippen LogP contribution in [0.1, 0.15) is 50.4 Å². The molecular formula is C26H37ClN4O2. The van der Waals surface area contributed by atoms with Gasteiger partial charge in [-0.25, -0.2) is 0 Å². The van der Waals surface area contributed by atoms with Crippen LogP contribution in [0, 0.1) is 11.8 Å². The van der Waals surface area contributed by atoms with Gasteiger partial charge in [-0.3, -0.25) is 9.59 Å². The minimum Gasteiger partial charge on any atom is -0.350 e.